The second-order valence-corrected chi connectivity index (χ2v) is 14.6. The minimum atomic E-state index is -4.29. The quantitative estimate of drug-likeness (QED) is 0.0209. The molecule has 0 aromatic rings. The van der Waals surface area contributed by atoms with Gasteiger partial charge in [0.2, 0.25) is 0 Å². The Morgan fingerprint density at radius 1 is 0.593 bits per heavy atom. The predicted molar refractivity (Wildman–Crippen MR) is 228 cm³/mol. The number of phosphoric acid groups is 1. The van der Waals surface area contributed by atoms with Gasteiger partial charge in [0.25, 0.3) is 0 Å². The fourth-order valence-electron chi connectivity index (χ4n) is 5.00. The zero-order valence-corrected chi connectivity index (χ0v) is 34.8. The molecule has 0 heterocycles. The van der Waals surface area contributed by atoms with Crippen LogP contribution in [-0.4, -0.2) is 43.3 Å². The summed E-state index contributed by atoms with van der Waals surface area (Å²) in [6, 6.07) is 0. The third kappa shape index (κ3) is 40.4. The normalized spacial score (nSPS) is 14.4. The molecule has 0 radical (unpaired) electrons. The molecular weight excluding hydrogens is 697 g/mol. The van der Waals surface area contributed by atoms with Gasteiger partial charge in [-0.3, -0.25) is 13.8 Å². The van der Waals surface area contributed by atoms with Crippen LogP contribution in [0.1, 0.15) is 149 Å². The standard InChI is InChI=1S/C45H76NO7P/c1-3-5-7-9-11-13-15-17-19-21-22-23-24-26-28-30-32-34-36-38-45(47)51-42-44(43-53-54(48,49)52-41-39-46)50-40-37-35-33-31-29-27-25-20-18-16-14-12-10-8-6-4-2/h5,7,11,13,17-20,22-23,26,28,32,34,37,40,44H,3-4,6,8-10,12,14-16,21,24-25,27,29-31,33,35-36,38-39,41-43,46H2,1-2H3,(H,48,49)/b7-5-,13-11-,19-17-,20-18-,23-22-,28-26-,34-32-,40-37-/t44-/m1/s1. The largest absolute Gasteiger partial charge is 0.492 e. The van der Waals surface area contributed by atoms with Gasteiger partial charge in [0.05, 0.1) is 19.5 Å². The fourth-order valence-corrected chi connectivity index (χ4v) is 5.76. The molecule has 0 aromatic carbocycles. The molecule has 54 heavy (non-hydrogen) atoms. The van der Waals surface area contributed by atoms with E-state index in [0.29, 0.717) is 6.42 Å². The highest BCUT2D eigenvalue weighted by molar-refractivity contribution is 7.47. The maximum absolute atomic E-state index is 12.4. The number of phosphoric ester groups is 1. The van der Waals surface area contributed by atoms with E-state index in [0.717, 1.165) is 64.2 Å². The Bertz CT molecular complexity index is 1140. The van der Waals surface area contributed by atoms with Crippen molar-refractivity contribution in [2.45, 2.75) is 155 Å². The lowest BCUT2D eigenvalue weighted by Gasteiger charge is -2.19. The van der Waals surface area contributed by atoms with Crippen molar-refractivity contribution >= 4 is 13.8 Å². The predicted octanol–water partition coefficient (Wildman–Crippen LogP) is 12.6. The van der Waals surface area contributed by atoms with Gasteiger partial charge in [-0.1, -0.05) is 144 Å². The molecule has 2 atom stereocenters. The Labute approximate surface area is 330 Å². The van der Waals surface area contributed by atoms with Crippen molar-refractivity contribution in [3.63, 3.8) is 0 Å². The number of carbonyl (C=O) groups excluding carboxylic acids is 1. The van der Waals surface area contributed by atoms with Crippen molar-refractivity contribution in [3.05, 3.63) is 97.4 Å². The van der Waals surface area contributed by atoms with E-state index in [1.165, 1.54) is 57.8 Å². The molecule has 0 aromatic heterocycles. The summed E-state index contributed by atoms with van der Waals surface area (Å²) >= 11 is 0. The topological polar surface area (TPSA) is 117 Å². The number of esters is 1. The van der Waals surface area contributed by atoms with E-state index in [1.54, 1.807) is 6.26 Å². The number of hydrogen-bond acceptors (Lipinski definition) is 7. The van der Waals surface area contributed by atoms with E-state index < -0.39 is 13.9 Å². The van der Waals surface area contributed by atoms with Crippen LogP contribution in [0, 0.1) is 0 Å². The molecule has 0 bridgehead atoms. The van der Waals surface area contributed by atoms with Crippen molar-refractivity contribution < 1.29 is 32.8 Å². The molecule has 0 saturated heterocycles. The van der Waals surface area contributed by atoms with Crippen molar-refractivity contribution in [3.8, 4) is 0 Å². The molecule has 1 unspecified atom stereocenters. The summed E-state index contributed by atoms with van der Waals surface area (Å²) in [6.45, 7) is 3.97. The lowest BCUT2D eigenvalue weighted by Crippen LogP contribution is -2.25. The second-order valence-electron chi connectivity index (χ2n) is 13.2. The first kappa shape index (κ1) is 51.3. The number of rotatable bonds is 38. The molecule has 308 valence electrons. The number of carbonyl (C=O) groups is 1. The SMILES string of the molecule is CC/C=C\C/C=C\C/C=C\C/C=C\C/C=C\C/C=C\CCC(=O)OC[C@H](COP(=O)(O)OCCN)O/C=C\CCCCCC/C=C\CCCCCCCC. The molecule has 0 rings (SSSR count). The van der Waals surface area contributed by atoms with Gasteiger partial charge in [-0.2, -0.15) is 0 Å². The van der Waals surface area contributed by atoms with Gasteiger partial charge < -0.3 is 20.1 Å². The molecule has 9 heteroatoms. The number of allylic oxidation sites excluding steroid dienone is 15. The van der Waals surface area contributed by atoms with Gasteiger partial charge in [-0.05, 0) is 89.5 Å². The van der Waals surface area contributed by atoms with Crippen LogP contribution < -0.4 is 5.73 Å². The Morgan fingerprint density at radius 2 is 1.06 bits per heavy atom. The van der Waals surface area contributed by atoms with Gasteiger partial charge in [-0.15, -0.1) is 0 Å². The lowest BCUT2D eigenvalue weighted by molar-refractivity contribution is -0.147. The van der Waals surface area contributed by atoms with E-state index >= 15 is 0 Å². The molecule has 3 N–H and O–H groups in total. The van der Waals surface area contributed by atoms with E-state index in [9.17, 15) is 14.3 Å². The summed E-state index contributed by atoms with van der Waals surface area (Å²) < 4.78 is 33.1. The van der Waals surface area contributed by atoms with Crippen LogP contribution in [0.25, 0.3) is 0 Å². The summed E-state index contributed by atoms with van der Waals surface area (Å²) in [5.74, 6) is -0.379. The molecule has 8 nitrogen and oxygen atoms in total. The maximum Gasteiger partial charge on any atom is 0.472 e. The van der Waals surface area contributed by atoms with Crippen LogP contribution in [0.5, 0.6) is 0 Å². The molecule has 0 fully saturated rings. The Balaban J connectivity index is 4.27. The first-order valence-corrected chi connectivity index (χ1v) is 22.3. The zero-order valence-electron chi connectivity index (χ0n) is 33.9. The third-order valence-electron chi connectivity index (χ3n) is 8.09. The van der Waals surface area contributed by atoms with Crippen molar-refractivity contribution in [1.29, 1.82) is 0 Å². The molecular formula is C45H76NO7P. The number of ether oxygens (including phenoxy) is 2. The average Bonchev–Trinajstić information content (AvgIpc) is 3.16. The summed E-state index contributed by atoms with van der Waals surface area (Å²) in [5.41, 5.74) is 5.35. The van der Waals surface area contributed by atoms with Crippen molar-refractivity contribution in [2.75, 3.05) is 26.4 Å². The number of nitrogens with two attached hydrogens (primary N) is 1. The van der Waals surface area contributed by atoms with E-state index in [-0.39, 0.29) is 38.8 Å². The van der Waals surface area contributed by atoms with Crippen LogP contribution in [-0.2, 0) is 27.9 Å². The van der Waals surface area contributed by atoms with Crippen LogP contribution in [0.2, 0.25) is 0 Å². The smallest absolute Gasteiger partial charge is 0.472 e. The summed E-state index contributed by atoms with van der Waals surface area (Å²) in [5, 5.41) is 0. The van der Waals surface area contributed by atoms with Crippen LogP contribution in [0.4, 0.5) is 0 Å². The Morgan fingerprint density at radius 3 is 1.57 bits per heavy atom. The van der Waals surface area contributed by atoms with E-state index in [2.05, 4.69) is 86.8 Å². The van der Waals surface area contributed by atoms with Crippen molar-refractivity contribution in [1.82, 2.24) is 0 Å². The second kappa shape index (κ2) is 41.4. The van der Waals surface area contributed by atoms with E-state index in [4.69, 9.17) is 24.3 Å². The minimum absolute atomic E-state index is 0.0842. The molecule has 0 aliphatic rings. The van der Waals surface area contributed by atoms with Crippen LogP contribution >= 0.6 is 7.82 Å². The molecule has 0 saturated carbocycles. The van der Waals surface area contributed by atoms with Crippen LogP contribution in [0.15, 0.2) is 97.4 Å². The van der Waals surface area contributed by atoms with Gasteiger partial charge in [0.15, 0.2) is 6.10 Å². The highest BCUT2D eigenvalue weighted by Crippen LogP contribution is 2.43. The monoisotopic (exact) mass is 774 g/mol. The highest BCUT2D eigenvalue weighted by atomic mass is 31.2. The van der Waals surface area contributed by atoms with E-state index in [1.807, 2.05) is 18.2 Å². The first-order chi connectivity index (χ1) is 26.4. The van der Waals surface area contributed by atoms with Gasteiger partial charge in [0.1, 0.15) is 6.61 Å². The Kier molecular flexibility index (Phi) is 39.3. The molecule has 0 amide bonds. The fraction of sp³-hybridized carbons (Fsp3) is 0.622. The average molecular weight is 774 g/mol. The Hall–Kier alpha value is -2.74. The van der Waals surface area contributed by atoms with Crippen molar-refractivity contribution in [2.24, 2.45) is 5.73 Å². The summed E-state index contributed by atoms with van der Waals surface area (Å²) in [6.07, 6.45) is 55.4. The number of hydrogen-bond donors (Lipinski definition) is 2. The molecule has 0 spiro atoms. The summed E-state index contributed by atoms with van der Waals surface area (Å²) in [7, 11) is -4.29. The van der Waals surface area contributed by atoms with Gasteiger partial charge in [-0.25, -0.2) is 4.57 Å². The zero-order chi connectivity index (χ0) is 39.5. The molecule has 0 aliphatic heterocycles. The molecule has 0 aliphatic carbocycles. The maximum atomic E-state index is 12.4. The third-order valence-corrected chi connectivity index (χ3v) is 9.07. The first-order valence-electron chi connectivity index (χ1n) is 20.8. The van der Waals surface area contributed by atoms with Crippen LogP contribution in [0.3, 0.4) is 0 Å². The van der Waals surface area contributed by atoms with Gasteiger partial charge in [0, 0.05) is 13.0 Å². The summed E-state index contributed by atoms with van der Waals surface area (Å²) in [4.78, 5) is 22.2. The highest BCUT2D eigenvalue weighted by Gasteiger charge is 2.24. The van der Waals surface area contributed by atoms with Gasteiger partial charge >= 0.3 is 13.8 Å². The number of unbranched alkanes of at least 4 members (excludes halogenated alkanes) is 11. The minimum Gasteiger partial charge on any atom is -0.492 e. The lowest BCUT2D eigenvalue weighted by atomic mass is 10.1.